The summed E-state index contributed by atoms with van der Waals surface area (Å²) in [6.45, 7) is 3.36. The number of piperidine rings is 1. The van der Waals surface area contributed by atoms with Gasteiger partial charge in [0.15, 0.2) is 0 Å². The molecule has 1 aliphatic heterocycles. The number of carbonyl (C=O) groups is 1. The quantitative estimate of drug-likeness (QED) is 0.654. The van der Waals surface area contributed by atoms with Gasteiger partial charge in [-0.25, -0.2) is 0 Å². The minimum atomic E-state index is 0.318. The lowest BCUT2D eigenvalue weighted by atomic mass is 10.1. The summed E-state index contributed by atoms with van der Waals surface area (Å²) >= 11 is 0. The van der Waals surface area contributed by atoms with E-state index >= 15 is 0 Å². The number of hydrogen-bond acceptors (Lipinski definition) is 3. The Labute approximate surface area is 86.1 Å². The van der Waals surface area contributed by atoms with E-state index in [2.05, 4.69) is 4.90 Å². The van der Waals surface area contributed by atoms with Gasteiger partial charge in [0.05, 0.1) is 0 Å². The number of likely N-dealkylation sites (tertiary alicyclic amines) is 1. The lowest BCUT2D eigenvalue weighted by Crippen LogP contribution is -2.34. The highest BCUT2D eigenvalue weighted by Gasteiger charge is 2.14. The number of nitrogens with zero attached hydrogens (tertiary/aromatic N) is 1. The molecule has 14 heavy (non-hydrogen) atoms. The molecule has 0 aromatic heterocycles. The largest absolute Gasteiger partial charge is 0.396 e. The highest BCUT2D eigenvalue weighted by Crippen LogP contribution is 2.08. The van der Waals surface area contributed by atoms with Crippen molar-refractivity contribution in [3.8, 4) is 0 Å². The predicted octanol–water partition coefficient (Wildman–Crippen LogP) is 1.20. The second-order valence-electron chi connectivity index (χ2n) is 4.02. The zero-order chi connectivity index (χ0) is 10.2. The van der Waals surface area contributed by atoms with Crippen molar-refractivity contribution in [2.45, 2.75) is 38.5 Å². The molecule has 0 amide bonds. The number of carbonyl (C=O) groups excluding carboxylic acids is 1. The maximum Gasteiger partial charge on any atom is 0.135 e. The number of unbranched alkanes of at least 4 members (excludes halogenated alkanes) is 3. The highest BCUT2D eigenvalue weighted by molar-refractivity contribution is 5.79. The van der Waals surface area contributed by atoms with E-state index in [9.17, 15) is 4.79 Å². The van der Waals surface area contributed by atoms with E-state index in [1.54, 1.807) is 0 Å². The molecule has 1 heterocycles. The SMILES string of the molecule is O=C1CCN(CCCCCCO)CC1. The van der Waals surface area contributed by atoms with Gasteiger partial charge in [-0.3, -0.25) is 4.79 Å². The van der Waals surface area contributed by atoms with Crippen LogP contribution in [0.4, 0.5) is 0 Å². The minimum absolute atomic E-state index is 0.318. The Bertz CT molecular complexity index is 161. The lowest BCUT2D eigenvalue weighted by Gasteiger charge is -2.25. The molecule has 0 saturated carbocycles. The fourth-order valence-corrected chi connectivity index (χ4v) is 1.83. The van der Waals surface area contributed by atoms with Crippen LogP contribution in [0, 0.1) is 0 Å². The molecule has 82 valence electrons. The van der Waals surface area contributed by atoms with Gasteiger partial charge in [0, 0.05) is 32.5 Å². The Hall–Kier alpha value is -0.410. The van der Waals surface area contributed by atoms with Gasteiger partial charge in [-0.15, -0.1) is 0 Å². The molecule has 0 bridgehead atoms. The summed E-state index contributed by atoms with van der Waals surface area (Å²) in [5, 5.41) is 8.60. The van der Waals surface area contributed by atoms with Crippen molar-refractivity contribution in [1.82, 2.24) is 4.90 Å². The summed E-state index contributed by atoms with van der Waals surface area (Å²) in [7, 11) is 0. The van der Waals surface area contributed by atoms with Crippen molar-refractivity contribution >= 4 is 5.78 Å². The zero-order valence-electron chi connectivity index (χ0n) is 8.87. The van der Waals surface area contributed by atoms with Crippen molar-refractivity contribution in [1.29, 1.82) is 0 Å². The molecular formula is C11H21NO2. The lowest BCUT2D eigenvalue weighted by molar-refractivity contribution is -0.121. The molecule has 1 saturated heterocycles. The van der Waals surface area contributed by atoms with E-state index in [1.165, 1.54) is 12.8 Å². The first kappa shape index (κ1) is 11.7. The van der Waals surface area contributed by atoms with Crippen LogP contribution in [0.15, 0.2) is 0 Å². The number of ketones is 1. The standard InChI is InChI=1S/C11H21NO2/c13-10-4-2-1-3-7-12-8-5-11(14)6-9-12/h13H,1-10H2. The third kappa shape index (κ3) is 4.72. The maximum atomic E-state index is 11.0. The Morgan fingerprint density at radius 2 is 1.71 bits per heavy atom. The van der Waals surface area contributed by atoms with Crippen LogP contribution < -0.4 is 0 Å². The van der Waals surface area contributed by atoms with Crippen molar-refractivity contribution in [2.75, 3.05) is 26.2 Å². The molecular weight excluding hydrogens is 178 g/mol. The number of hydrogen-bond donors (Lipinski definition) is 1. The Balaban J connectivity index is 1.94. The van der Waals surface area contributed by atoms with Crippen LogP contribution in [0.5, 0.6) is 0 Å². The summed E-state index contributed by atoms with van der Waals surface area (Å²) in [5.41, 5.74) is 0. The van der Waals surface area contributed by atoms with Crippen LogP contribution in [0.3, 0.4) is 0 Å². The molecule has 1 N–H and O–H groups in total. The Morgan fingerprint density at radius 3 is 2.36 bits per heavy atom. The predicted molar refractivity (Wildman–Crippen MR) is 56.2 cm³/mol. The average molecular weight is 199 g/mol. The van der Waals surface area contributed by atoms with Crippen LogP contribution >= 0.6 is 0 Å². The molecule has 0 atom stereocenters. The van der Waals surface area contributed by atoms with E-state index in [0.717, 1.165) is 45.3 Å². The van der Waals surface area contributed by atoms with E-state index in [0.29, 0.717) is 12.4 Å². The molecule has 3 nitrogen and oxygen atoms in total. The molecule has 0 spiro atoms. The second-order valence-corrected chi connectivity index (χ2v) is 4.02. The van der Waals surface area contributed by atoms with Crippen LogP contribution in [0.25, 0.3) is 0 Å². The zero-order valence-corrected chi connectivity index (χ0v) is 8.87. The number of Topliss-reactive ketones (excluding diaryl/α,β-unsaturated/α-hetero) is 1. The molecule has 0 aromatic carbocycles. The summed E-state index contributed by atoms with van der Waals surface area (Å²) in [5.74, 6) is 0.418. The fraction of sp³-hybridized carbons (Fsp3) is 0.909. The fourth-order valence-electron chi connectivity index (χ4n) is 1.83. The summed E-state index contributed by atoms with van der Waals surface area (Å²) in [6.07, 6.45) is 5.95. The number of rotatable bonds is 6. The van der Waals surface area contributed by atoms with E-state index in [1.807, 2.05) is 0 Å². The van der Waals surface area contributed by atoms with Gasteiger partial charge in [-0.1, -0.05) is 12.8 Å². The Kier molecular flexibility index (Phi) is 5.80. The van der Waals surface area contributed by atoms with Crippen LogP contribution in [-0.4, -0.2) is 42.0 Å². The summed E-state index contributed by atoms with van der Waals surface area (Å²) < 4.78 is 0. The average Bonchev–Trinajstić information content (AvgIpc) is 2.21. The molecule has 0 unspecified atom stereocenters. The van der Waals surface area contributed by atoms with Crippen LogP contribution in [-0.2, 0) is 4.79 Å². The topological polar surface area (TPSA) is 40.5 Å². The first-order valence-electron chi connectivity index (χ1n) is 5.68. The molecule has 1 aliphatic rings. The van der Waals surface area contributed by atoms with Gasteiger partial charge in [-0.2, -0.15) is 0 Å². The molecule has 1 rings (SSSR count). The van der Waals surface area contributed by atoms with Crippen LogP contribution in [0.2, 0.25) is 0 Å². The van der Waals surface area contributed by atoms with E-state index < -0.39 is 0 Å². The van der Waals surface area contributed by atoms with Gasteiger partial charge in [0.2, 0.25) is 0 Å². The van der Waals surface area contributed by atoms with Gasteiger partial charge < -0.3 is 10.0 Å². The normalized spacial score (nSPS) is 18.8. The first-order valence-corrected chi connectivity index (χ1v) is 5.68. The summed E-state index contributed by atoms with van der Waals surface area (Å²) in [4.78, 5) is 13.3. The van der Waals surface area contributed by atoms with E-state index in [4.69, 9.17) is 5.11 Å². The first-order chi connectivity index (χ1) is 6.83. The smallest absolute Gasteiger partial charge is 0.135 e. The van der Waals surface area contributed by atoms with Gasteiger partial charge >= 0.3 is 0 Å². The van der Waals surface area contributed by atoms with Crippen molar-refractivity contribution in [3.63, 3.8) is 0 Å². The molecule has 0 radical (unpaired) electrons. The van der Waals surface area contributed by atoms with Crippen molar-refractivity contribution in [3.05, 3.63) is 0 Å². The molecule has 1 fully saturated rings. The number of aliphatic hydroxyl groups is 1. The minimum Gasteiger partial charge on any atom is -0.396 e. The third-order valence-electron chi connectivity index (χ3n) is 2.80. The molecule has 3 heteroatoms. The highest BCUT2D eigenvalue weighted by atomic mass is 16.2. The van der Waals surface area contributed by atoms with Crippen molar-refractivity contribution < 1.29 is 9.90 Å². The van der Waals surface area contributed by atoms with Crippen molar-refractivity contribution in [2.24, 2.45) is 0 Å². The molecule has 0 aromatic rings. The van der Waals surface area contributed by atoms with Gasteiger partial charge in [-0.05, 0) is 19.4 Å². The number of aliphatic hydroxyl groups excluding tert-OH is 1. The Morgan fingerprint density at radius 1 is 1.07 bits per heavy atom. The second kappa shape index (κ2) is 6.96. The third-order valence-corrected chi connectivity index (χ3v) is 2.80. The van der Waals surface area contributed by atoms with Crippen LogP contribution in [0.1, 0.15) is 38.5 Å². The van der Waals surface area contributed by atoms with Gasteiger partial charge in [0.25, 0.3) is 0 Å². The monoisotopic (exact) mass is 199 g/mol. The van der Waals surface area contributed by atoms with E-state index in [-0.39, 0.29) is 0 Å². The maximum absolute atomic E-state index is 11.0. The van der Waals surface area contributed by atoms with Gasteiger partial charge in [0.1, 0.15) is 5.78 Å². The summed E-state index contributed by atoms with van der Waals surface area (Å²) in [6, 6.07) is 0. The molecule has 0 aliphatic carbocycles.